The molecule has 76 valence electrons. The lowest BCUT2D eigenvalue weighted by atomic mass is 9.93. The average molecular weight is 192 g/mol. The van der Waals surface area contributed by atoms with E-state index in [4.69, 9.17) is 0 Å². The van der Waals surface area contributed by atoms with E-state index in [9.17, 15) is 4.79 Å². The van der Waals surface area contributed by atoms with Crippen molar-refractivity contribution >= 4 is 5.69 Å². The maximum atomic E-state index is 11.3. The van der Waals surface area contributed by atoms with Gasteiger partial charge in [0.1, 0.15) is 0 Å². The van der Waals surface area contributed by atoms with E-state index in [1.54, 1.807) is 10.6 Å². The third-order valence-electron chi connectivity index (χ3n) is 2.80. The smallest absolute Gasteiger partial charge is 0.250 e. The highest BCUT2D eigenvalue weighted by atomic mass is 16.1. The maximum absolute atomic E-state index is 11.3. The van der Waals surface area contributed by atoms with E-state index < -0.39 is 0 Å². The van der Waals surface area contributed by atoms with Crippen LogP contribution in [0.5, 0.6) is 0 Å². The minimum Gasteiger partial charge on any atom is -0.381 e. The molecule has 0 atom stereocenters. The summed E-state index contributed by atoms with van der Waals surface area (Å²) in [5, 5.41) is 3.42. The molecule has 1 fully saturated rings. The van der Waals surface area contributed by atoms with Gasteiger partial charge in [0.15, 0.2) is 0 Å². The fraction of sp³-hybridized carbons (Fsp3) is 0.545. The van der Waals surface area contributed by atoms with Gasteiger partial charge in [0.25, 0.3) is 5.56 Å². The Labute approximate surface area is 83.8 Å². The minimum atomic E-state index is 0.0756. The molecule has 0 spiro atoms. The molecule has 0 aliphatic heterocycles. The van der Waals surface area contributed by atoms with Crippen molar-refractivity contribution in [1.82, 2.24) is 4.57 Å². The van der Waals surface area contributed by atoms with E-state index in [-0.39, 0.29) is 5.56 Å². The van der Waals surface area contributed by atoms with Crippen LogP contribution >= 0.6 is 0 Å². The SMILES string of the molecule is CCn1cc(NC2CCC2)ccc1=O. The Bertz CT molecular complexity index is 366. The van der Waals surface area contributed by atoms with Crippen LogP contribution in [0.15, 0.2) is 23.1 Å². The molecule has 0 amide bonds. The number of aryl methyl sites for hydroxylation is 1. The topological polar surface area (TPSA) is 34.0 Å². The predicted molar refractivity (Wildman–Crippen MR) is 57.6 cm³/mol. The second-order valence-electron chi connectivity index (χ2n) is 3.81. The van der Waals surface area contributed by atoms with Crippen molar-refractivity contribution in [3.8, 4) is 0 Å². The van der Waals surface area contributed by atoms with E-state index in [2.05, 4.69) is 5.32 Å². The molecule has 0 saturated heterocycles. The molecule has 0 aromatic carbocycles. The Balaban J connectivity index is 2.13. The zero-order valence-corrected chi connectivity index (χ0v) is 8.49. The first-order valence-corrected chi connectivity index (χ1v) is 5.26. The van der Waals surface area contributed by atoms with Crippen molar-refractivity contribution in [3.05, 3.63) is 28.7 Å². The first-order valence-electron chi connectivity index (χ1n) is 5.26. The lowest BCUT2D eigenvalue weighted by Crippen LogP contribution is -2.28. The number of rotatable bonds is 3. The van der Waals surface area contributed by atoms with Gasteiger partial charge in [-0.2, -0.15) is 0 Å². The van der Waals surface area contributed by atoms with Crippen LogP contribution in [0.3, 0.4) is 0 Å². The molecular formula is C11H16N2O. The highest BCUT2D eigenvalue weighted by Crippen LogP contribution is 2.22. The van der Waals surface area contributed by atoms with Crippen LogP contribution in [0, 0.1) is 0 Å². The van der Waals surface area contributed by atoms with Crippen LogP contribution in [0.1, 0.15) is 26.2 Å². The molecule has 2 rings (SSSR count). The van der Waals surface area contributed by atoms with Gasteiger partial charge in [0, 0.05) is 24.8 Å². The van der Waals surface area contributed by atoms with Gasteiger partial charge in [-0.25, -0.2) is 0 Å². The van der Waals surface area contributed by atoms with Gasteiger partial charge in [0.2, 0.25) is 0 Å². The third-order valence-corrected chi connectivity index (χ3v) is 2.80. The summed E-state index contributed by atoms with van der Waals surface area (Å²) in [6.07, 6.45) is 5.74. The molecule has 0 radical (unpaired) electrons. The second-order valence-corrected chi connectivity index (χ2v) is 3.81. The zero-order valence-electron chi connectivity index (χ0n) is 8.49. The number of hydrogen-bond acceptors (Lipinski definition) is 2. The van der Waals surface area contributed by atoms with Gasteiger partial charge in [-0.3, -0.25) is 4.79 Å². The fourth-order valence-electron chi connectivity index (χ4n) is 1.65. The van der Waals surface area contributed by atoms with Crippen molar-refractivity contribution in [1.29, 1.82) is 0 Å². The summed E-state index contributed by atoms with van der Waals surface area (Å²) < 4.78 is 1.72. The highest BCUT2D eigenvalue weighted by Gasteiger charge is 2.16. The van der Waals surface area contributed by atoms with Crippen molar-refractivity contribution < 1.29 is 0 Å². The van der Waals surface area contributed by atoms with Crippen LogP contribution in [-0.4, -0.2) is 10.6 Å². The molecule has 3 nitrogen and oxygen atoms in total. The fourth-order valence-corrected chi connectivity index (χ4v) is 1.65. The standard InChI is InChI=1S/C11H16N2O/c1-2-13-8-10(6-7-11(13)14)12-9-4-3-5-9/h6-9,12H,2-5H2,1H3. The summed E-state index contributed by atoms with van der Waals surface area (Å²) >= 11 is 0. The Kier molecular flexibility index (Phi) is 2.57. The first-order chi connectivity index (χ1) is 6.79. The number of aromatic nitrogens is 1. The Morgan fingerprint density at radius 3 is 2.86 bits per heavy atom. The summed E-state index contributed by atoms with van der Waals surface area (Å²) in [4.78, 5) is 11.3. The molecule has 1 aromatic heterocycles. The molecule has 0 bridgehead atoms. The van der Waals surface area contributed by atoms with Crippen molar-refractivity contribution in [2.24, 2.45) is 0 Å². The first kappa shape index (κ1) is 9.31. The summed E-state index contributed by atoms with van der Waals surface area (Å²) in [6, 6.07) is 4.12. The van der Waals surface area contributed by atoms with Gasteiger partial charge in [-0.1, -0.05) is 0 Å². The Hall–Kier alpha value is -1.25. The number of nitrogens with zero attached hydrogens (tertiary/aromatic N) is 1. The van der Waals surface area contributed by atoms with E-state index in [0.717, 1.165) is 12.2 Å². The quantitative estimate of drug-likeness (QED) is 0.792. The van der Waals surface area contributed by atoms with E-state index in [0.29, 0.717) is 6.04 Å². The molecular weight excluding hydrogens is 176 g/mol. The molecule has 3 heteroatoms. The molecule has 1 aromatic rings. The number of anilines is 1. The zero-order chi connectivity index (χ0) is 9.97. The van der Waals surface area contributed by atoms with E-state index >= 15 is 0 Å². The average Bonchev–Trinajstić information content (AvgIpc) is 2.14. The van der Waals surface area contributed by atoms with Crippen LogP contribution in [-0.2, 0) is 6.54 Å². The summed E-state index contributed by atoms with van der Waals surface area (Å²) in [7, 11) is 0. The summed E-state index contributed by atoms with van der Waals surface area (Å²) in [5.41, 5.74) is 1.14. The van der Waals surface area contributed by atoms with Crippen LogP contribution in [0.25, 0.3) is 0 Å². The minimum absolute atomic E-state index is 0.0756. The maximum Gasteiger partial charge on any atom is 0.250 e. The molecule has 1 N–H and O–H groups in total. The van der Waals surface area contributed by atoms with Gasteiger partial charge >= 0.3 is 0 Å². The largest absolute Gasteiger partial charge is 0.381 e. The molecule has 1 saturated carbocycles. The van der Waals surface area contributed by atoms with E-state index in [1.807, 2.05) is 19.2 Å². The van der Waals surface area contributed by atoms with Crippen LogP contribution in [0.2, 0.25) is 0 Å². The van der Waals surface area contributed by atoms with Crippen molar-refractivity contribution in [2.45, 2.75) is 38.8 Å². The number of hydrogen-bond donors (Lipinski definition) is 1. The molecule has 1 aliphatic carbocycles. The van der Waals surface area contributed by atoms with Crippen molar-refractivity contribution in [3.63, 3.8) is 0 Å². The van der Waals surface area contributed by atoms with Crippen LogP contribution in [0.4, 0.5) is 5.69 Å². The summed E-state index contributed by atoms with van der Waals surface area (Å²) in [6.45, 7) is 2.72. The lowest BCUT2D eigenvalue weighted by molar-refractivity contribution is 0.445. The normalized spacial score (nSPS) is 16.4. The molecule has 0 unspecified atom stereocenters. The number of pyridine rings is 1. The second kappa shape index (κ2) is 3.86. The lowest BCUT2D eigenvalue weighted by Gasteiger charge is -2.27. The highest BCUT2D eigenvalue weighted by molar-refractivity contribution is 5.41. The third kappa shape index (κ3) is 1.81. The summed E-state index contributed by atoms with van der Waals surface area (Å²) in [5.74, 6) is 0. The Morgan fingerprint density at radius 1 is 1.50 bits per heavy atom. The molecule has 14 heavy (non-hydrogen) atoms. The monoisotopic (exact) mass is 192 g/mol. The van der Waals surface area contributed by atoms with Crippen LogP contribution < -0.4 is 10.9 Å². The van der Waals surface area contributed by atoms with E-state index in [1.165, 1.54) is 19.3 Å². The van der Waals surface area contributed by atoms with Crippen molar-refractivity contribution in [2.75, 3.05) is 5.32 Å². The Morgan fingerprint density at radius 2 is 2.29 bits per heavy atom. The number of nitrogens with one attached hydrogen (secondary N) is 1. The molecule has 1 aliphatic rings. The molecule has 1 heterocycles. The van der Waals surface area contributed by atoms with Gasteiger partial charge < -0.3 is 9.88 Å². The van der Waals surface area contributed by atoms with Gasteiger partial charge in [0.05, 0.1) is 5.69 Å². The van der Waals surface area contributed by atoms with Gasteiger partial charge in [-0.05, 0) is 32.3 Å². The van der Waals surface area contributed by atoms with Gasteiger partial charge in [-0.15, -0.1) is 0 Å². The predicted octanol–water partition coefficient (Wildman–Crippen LogP) is 1.83.